The summed E-state index contributed by atoms with van der Waals surface area (Å²) in [5.74, 6) is 1.60. The number of carbonyl (C=O) groups is 1. The maximum Gasteiger partial charge on any atom is 0.287 e. The lowest BCUT2D eigenvalue weighted by Gasteiger charge is -2.14. The van der Waals surface area contributed by atoms with Crippen LogP contribution in [0.3, 0.4) is 0 Å². The third-order valence-electron chi connectivity index (χ3n) is 3.64. The van der Waals surface area contributed by atoms with Crippen molar-refractivity contribution in [1.82, 2.24) is 20.2 Å². The summed E-state index contributed by atoms with van der Waals surface area (Å²) in [6, 6.07) is 3.56. The number of nitrogens with one attached hydrogen (secondary N) is 2. The molecule has 6 nitrogen and oxygen atoms in total. The first-order valence-corrected chi connectivity index (χ1v) is 8.56. The van der Waals surface area contributed by atoms with Crippen molar-refractivity contribution in [1.29, 1.82) is 0 Å². The molecular weight excluding hydrogens is 312 g/mol. The van der Waals surface area contributed by atoms with Crippen LogP contribution in [0.2, 0.25) is 0 Å². The van der Waals surface area contributed by atoms with E-state index in [-0.39, 0.29) is 5.91 Å². The molecule has 0 saturated carbocycles. The van der Waals surface area contributed by atoms with Crippen molar-refractivity contribution in [3.8, 4) is 0 Å². The van der Waals surface area contributed by atoms with E-state index in [9.17, 15) is 4.79 Å². The molecule has 3 heterocycles. The van der Waals surface area contributed by atoms with Crippen LogP contribution in [-0.4, -0.2) is 35.1 Å². The molecule has 2 aromatic rings. The molecule has 0 fully saturated rings. The minimum atomic E-state index is -0.169. The van der Waals surface area contributed by atoms with Crippen molar-refractivity contribution in [3.05, 3.63) is 47.7 Å². The normalized spacial score (nSPS) is 14.6. The van der Waals surface area contributed by atoms with Crippen LogP contribution in [0, 0.1) is 0 Å². The van der Waals surface area contributed by atoms with E-state index in [4.69, 9.17) is 4.42 Å². The Labute approximate surface area is 139 Å². The van der Waals surface area contributed by atoms with Crippen LogP contribution in [0.4, 0.5) is 0 Å². The maximum absolute atomic E-state index is 12.1. The Kier molecular flexibility index (Phi) is 5.19. The summed E-state index contributed by atoms with van der Waals surface area (Å²) in [5, 5.41) is 7.08. The number of nitrogens with zero attached hydrogens (tertiary/aromatic N) is 2. The van der Waals surface area contributed by atoms with E-state index in [1.165, 1.54) is 5.57 Å². The molecule has 23 heavy (non-hydrogen) atoms. The van der Waals surface area contributed by atoms with Crippen LogP contribution in [0.15, 0.2) is 45.7 Å². The number of amides is 1. The quantitative estimate of drug-likeness (QED) is 0.625. The Morgan fingerprint density at radius 2 is 2.43 bits per heavy atom. The Hall–Kier alpha value is -1.99. The average molecular weight is 332 g/mol. The van der Waals surface area contributed by atoms with Gasteiger partial charge in [-0.15, -0.1) is 0 Å². The van der Waals surface area contributed by atoms with Gasteiger partial charge in [-0.25, -0.2) is 4.98 Å². The number of aromatic nitrogens is 2. The number of hydrogen-bond donors (Lipinski definition) is 2. The Bertz CT molecular complexity index is 705. The van der Waals surface area contributed by atoms with E-state index < -0.39 is 0 Å². The second-order valence-corrected chi connectivity index (χ2v) is 6.32. The first-order valence-electron chi connectivity index (χ1n) is 7.58. The largest absolute Gasteiger partial charge is 0.455 e. The van der Waals surface area contributed by atoms with Crippen molar-refractivity contribution >= 4 is 17.7 Å². The Morgan fingerprint density at radius 3 is 3.17 bits per heavy atom. The zero-order valence-corrected chi connectivity index (χ0v) is 13.9. The third kappa shape index (κ3) is 4.27. The first kappa shape index (κ1) is 15.9. The first-order chi connectivity index (χ1) is 11.2. The van der Waals surface area contributed by atoms with E-state index in [1.54, 1.807) is 24.0 Å². The molecule has 1 aliphatic heterocycles. The van der Waals surface area contributed by atoms with Crippen LogP contribution in [0.5, 0.6) is 0 Å². The highest BCUT2D eigenvalue weighted by atomic mass is 32.2. The van der Waals surface area contributed by atoms with Crippen molar-refractivity contribution in [2.75, 3.05) is 19.6 Å². The van der Waals surface area contributed by atoms with Gasteiger partial charge in [0.1, 0.15) is 5.76 Å². The second-order valence-electron chi connectivity index (χ2n) is 5.37. The van der Waals surface area contributed by atoms with Gasteiger partial charge in [-0.05, 0) is 25.1 Å². The van der Waals surface area contributed by atoms with Crippen molar-refractivity contribution in [2.45, 2.75) is 17.3 Å². The number of rotatable bonds is 6. The Balaban J connectivity index is 1.50. The van der Waals surface area contributed by atoms with Gasteiger partial charge in [0, 0.05) is 32.5 Å². The van der Waals surface area contributed by atoms with E-state index in [1.807, 2.05) is 23.9 Å². The van der Waals surface area contributed by atoms with Gasteiger partial charge in [0.2, 0.25) is 0 Å². The molecule has 0 spiro atoms. The highest BCUT2D eigenvalue weighted by molar-refractivity contribution is 7.98. The number of carbonyl (C=O) groups excluding carboxylic acids is 1. The molecule has 2 aromatic heterocycles. The third-order valence-corrected chi connectivity index (χ3v) is 4.72. The molecule has 122 valence electrons. The van der Waals surface area contributed by atoms with E-state index in [0.29, 0.717) is 18.1 Å². The van der Waals surface area contributed by atoms with E-state index in [0.717, 1.165) is 30.4 Å². The molecule has 0 bridgehead atoms. The standard InChI is InChI=1S/C16H20N4O2S/c1-20-9-8-18-16(20)23-11-13-2-3-14(22-13)15(21)19-10-12-4-6-17-7-5-12/h2-4,8-9,17H,5-7,10-11H2,1H3,(H,19,21). The molecule has 1 amide bonds. The van der Waals surface area contributed by atoms with Gasteiger partial charge in [-0.3, -0.25) is 4.79 Å². The summed E-state index contributed by atoms with van der Waals surface area (Å²) in [6.07, 6.45) is 6.77. The van der Waals surface area contributed by atoms with Crippen molar-refractivity contribution in [3.63, 3.8) is 0 Å². The van der Waals surface area contributed by atoms with Crippen LogP contribution in [-0.2, 0) is 12.8 Å². The lowest BCUT2D eigenvalue weighted by molar-refractivity contribution is 0.0927. The predicted molar refractivity (Wildman–Crippen MR) is 89.4 cm³/mol. The summed E-state index contributed by atoms with van der Waals surface area (Å²) in [4.78, 5) is 16.4. The van der Waals surface area contributed by atoms with Gasteiger partial charge in [-0.1, -0.05) is 23.4 Å². The molecule has 0 unspecified atom stereocenters. The summed E-state index contributed by atoms with van der Waals surface area (Å²) >= 11 is 1.58. The SMILES string of the molecule is Cn1ccnc1SCc1ccc(C(=O)NCC2=CCNCC2)o1. The molecule has 0 radical (unpaired) electrons. The minimum Gasteiger partial charge on any atom is -0.455 e. The van der Waals surface area contributed by atoms with Crippen LogP contribution >= 0.6 is 11.8 Å². The lowest BCUT2D eigenvalue weighted by atomic mass is 10.1. The molecule has 0 saturated heterocycles. The van der Waals surface area contributed by atoms with Crippen LogP contribution in [0.1, 0.15) is 22.7 Å². The van der Waals surface area contributed by atoms with E-state index in [2.05, 4.69) is 21.7 Å². The average Bonchev–Trinajstić information content (AvgIpc) is 3.20. The number of aryl methyl sites for hydroxylation is 1. The zero-order valence-electron chi connectivity index (χ0n) is 13.0. The minimum absolute atomic E-state index is 0.169. The number of furan rings is 1. The molecule has 7 heteroatoms. The van der Waals surface area contributed by atoms with Crippen molar-refractivity contribution in [2.24, 2.45) is 7.05 Å². The monoisotopic (exact) mass is 332 g/mol. The molecule has 3 rings (SSSR count). The molecule has 0 atom stereocenters. The highest BCUT2D eigenvalue weighted by Crippen LogP contribution is 2.21. The topological polar surface area (TPSA) is 72.1 Å². The van der Waals surface area contributed by atoms with Gasteiger partial charge >= 0.3 is 0 Å². The Morgan fingerprint density at radius 1 is 1.52 bits per heavy atom. The number of hydrogen-bond acceptors (Lipinski definition) is 5. The van der Waals surface area contributed by atoms with Crippen molar-refractivity contribution < 1.29 is 9.21 Å². The number of imidazole rings is 1. The fraction of sp³-hybridized carbons (Fsp3) is 0.375. The molecule has 0 aliphatic carbocycles. The predicted octanol–water partition coefficient (Wildman–Crippen LogP) is 1.95. The van der Waals surface area contributed by atoms with Gasteiger partial charge in [0.15, 0.2) is 10.9 Å². The molecule has 2 N–H and O–H groups in total. The van der Waals surface area contributed by atoms with Gasteiger partial charge in [0.25, 0.3) is 5.91 Å². The van der Waals surface area contributed by atoms with Gasteiger partial charge in [0.05, 0.1) is 5.75 Å². The summed E-state index contributed by atoms with van der Waals surface area (Å²) < 4.78 is 7.57. The fourth-order valence-corrected chi connectivity index (χ4v) is 3.14. The lowest BCUT2D eigenvalue weighted by Crippen LogP contribution is -2.29. The highest BCUT2D eigenvalue weighted by Gasteiger charge is 2.13. The summed E-state index contributed by atoms with van der Waals surface area (Å²) in [5.41, 5.74) is 1.26. The van der Waals surface area contributed by atoms with Gasteiger partial charge in [-0.2, -0.15) is 0 Å². The zero-order chi connectivity index (χ0) is 16.1. The van der Waals surface area contributed by atoms with E-state index >= 15 is 0 Å². The summed E-state index contributed by atoms with van der Waals surface area (Å²) in [7, 11) is 1.95. The molecule has 1 aliphatic rings. The molecular formula is C16H20N4O2S. The second kappa shape index (κ2) is 7.52. The fourth-order valence-electron chi connectivity index (χ4n) is 2.32. The molecule has 0 aromatic carbocycles. The van der Waals surface area contributed by atoms with Crippen LogP contribution < -0.4 is 10.6 Å². The number of thioether (sulfide) groups is 1. The smallest absolute Gasteiger partial charge is 0.287 e. The van der Waals surface area contributed by atoms with Crippen LogP contribution in [0.25, 0.3) is 0 Å². The maximum atomic E-state index is 12.1. The summed E-state index contributed by atoms with van der Waals surface area (Å²) in [6.45, 7) is 2.43. The van der Waals surface area contributed by atoms with Gasteiger partial charge < -0.3 is 19.6 Å².